The molecule has 2 amide bonds. The van der Waals surface area contributed by atoms with Crippen molar-refractivity contribution < 1.29 is 23.9 Å². The fourth-order valence-electron chi connectivity index (χ4n) is 4.03. The second kappa shape index (κ2) is 9.85. The summed E-state index contributed by atoms with van der Waals surface area (Å²) in [6.07, 6.45) is -0.398. The molecule has 32 heavy (non-hydrogen) atoms. The van der Waals surface area contributed by atoms with Crippen LogP contribution >= 0.6 is 0 Å². The van der Waals surface area contributed by atoms with Crippen LogP contribution in [0.25, 0.3) is 0 Å². The highest BCUT2D eigenvalue weighted by Gasteiger charge is 2.51. The average Bonchev–Trinajstić information content (AvgIpc) is 3.03. The summed E-state index contributed by atoms with van der Waals surface area (Å²) in [6, 6.07) is 17.0. The first-order chi connectivity index (χ1) is 15.2. The molecule has 0 aromatic heterocycles. The van der Waals surface area contributed by atoms with Crippen LogP contribution in [0.3, 0.4) is 0 Å². The van der Waals surface area contributed by atoms with E-state index in [0.29, 0.717) is 0 Å². The number of hydrogen-bond donors (Lipinski definition) is 1. The molecule has 0 aliphatic carbocycles. The largest absolute Gasteiger partial charge is 0.445 e. The maximum absolute atomic E-state index is 13.2. The van der Waals surface area contributed by atoms with Crippen LogP contribution in [-0.2, 0) is 20.9 Å². The van der Waals surface area contributed by atoms with E-state index < -0.39 is 41.8 Å². The monoisotopic (exact) mass is 438 g/mol. The molecular formula is C25H30N2O5. The quantitative estimate of drug-likeness (QED) is 0.696. The topological polar surface area (TPSA) is 84.9 Å². The third-order valence-corrected chi connectivity index (χ3v) is 5.45. The van der Waals surface area contributed by atoms with Crippen molar-refractivity contribution in [1.29, 1.82) is 0 Å². The third-order valence-electron chi connectivity index (χ3n) is 5.45. The number of alkyl carbamates (subject to hydrolysis) is 1. The van der Waals surface area contributed by atoms with Crippen molar-refractivity contribution in [2.24, 2.45) is 5.92 Å². The predicted molar refractivity (Wildman–Crippen MR) is 120 cm³/mol. The Kier molecular flexibility index (Phi) is 7.18. The average molecular weight is 439 g/mol. The van der Waals surface area contributed by atoms with Gasteiger partial charge in [-0.25, -0.2) is 9.59 Å². The number of amides is 2. The zero-order chi connectivity index (χ0) is 23.3. The van der Waals surface area contributed by atoms with Gasteiger partial charge < -0.3 is 19.6 Å². The number of nitrogens with one attached hydrogen (secondary N) is 1. The Bertz CT molecular complexity index is 926. The zero-order valence-electron chi connectivity index (χ0n) is 18.9. The number of hydrogen-bond acceptors (Lipinski definition) is 5. The van der Waals surface area contributed by atoms with Crippen molar-refractivity contribution in [3.05, 3.63) is 71.8 Å². The van der Waals surface area contributed by atoms with E-state index in [1.54, 1.807) is 32.6 Å². The first kappa shape index (κ1) is 23.3. The lowest BCUT2D eigenvalue weighted by atomic mass is 9.92. The van der Waals surface area contributed by atoms with E-state index in [1.165, 1.54) is 0 Å². The molecule has 1 N–H and O–H groups in total. The first-order valence-electron chi connectivity index (χ1n) is 10.7. The molecule has 1 aliphatic rings. The van der Waals surface area contributed by atoms with Crippen molar-refractivity contribution in [3.63, 3.8) is 0 Å². The van der Waals surface area contributed by atoms with Crippen LogP contribution in [0, 0.1) is 5.92 Å². The number of ether oxygens (including phenoxy) is 2. The van der Waals surface area contributed by atoms with Gasteiger partial charge in [0.2, 0.25) is 0 Å². The lowest BCUT2D eigenvalue weighted by Crippen LogP contribution is -2.45. The highest BCUT2D eigenvalue weighted by Crippen LogP contribution is 2.40. The number of aldehydes is 1. The van der Waals surface area contributed by atoms with E-state index in [2.05, 4.69) is 5.32 Å². The normalized spacial score (nSPS) is 22.8. The van der Waals surface area contributed by atoms with Crippen molar-refractivity contribution in [2.75, 3.05) is 0 Å². The van der Waals surface area contributed by atoms with Gasteiger partial charge in [0.25, 0.3) is 0 Å². The molecule has 0 saturated carbocycles. The van der Waals surface area contributed by atoms with Gasteiger partial charge >= 0.3 is 12.2 Å². The Hall–Kier alpha value is -3.35. The fraction of sp³-hybridized carbons (Fsp3) is 0.400. The van der Waals surface area contributed by atoms with Crippen LogP contribution in [-0.4, -0.2) is 41.1 Å². The summed E-state index contributed by atoms with van der Waals surface area (Å²) in [7, 11) is 0. The SMILES string of the molecule is C[C@@H]1[C@H](C=O)[C@H](NC(=O)OC(C)(C)C)[C@H](c2ccccc2)N1C(=O)OCc1ccccc1. The van der Waals surface area contributed by atoms with E-state index in [1.807, 2.05) is 60.7 Å². The summed E-state index contributed by atoms with van der Waals surface area (Å²) in [5, 5.41) is 2.83. The Morgan fingerprint density at radius 3 is 2.19 bits per heavy atom. The highest BCUT2D eigenvalue weighted by molar-refractivity contribution is 5.74. The Balaban J connectivity index is 1.89. The Morgan fingerprint density at radius 2 is 1.62 bits per heavy atom. The van der Waals surface area contributed by atoms with Crippen molar-refractivity contribution in [3.8, 4) is 0 Å². The molecule has 3 rings (SSSR count). The molecule has 2 aromatic rings. The molecule has 0 unspecified atom stereocenters. The second-order valence-electron chi connectivity index (χ2n) is 8.93. The maximum atomic E-state index is 13.2. The van der Waals surface area contributed by atoms with Gasteiger partial charge in [0.1, 0.15) is 18.5 Å². The minimum absolute atomic E-state index is 0.111. The zero-order valence-corrected chi connectivity index (χ0v) is 18.9. The van der Waals surface area contributed by atoms with Crippen LogP contribution in [0.1, 0.15) is 44.9 Å². The predicted octanol–water partition coefficient (Wildman–Crippen LogP) is 4.48. The van der Waals surface area contributed by atoms with E-state index in [0.717, 1.165) is 17.4 Å². The van der Waals surface area contributed by atoms with Crippen LogP contribution in [0.5, 0.6) is 0 Å². The van der Waals surface area contributed by atoms with Gasteiger partial charge in [-0.15, -0.1) is 0 Å². The summed E-state index contributed by atoms with van der Waals surface area (Å²) in [6.45, 7) is 7.20. The van der Waals surface area contributed by atoms with E-state index in [9.17, 15) is 14.4 Å². The number of nitrogens with zero attached hydrogens (tertiary/aromatic N) is 1. The van der Waals surface area contributed by atoms with Gasteiger partial charge in [-0.05, 0) is 38.8 Å². The second-order valence-corrected chi connectivity index (χ2v) is 8.93. The van der Waals surface area contributed by atoms with Crippen molar-refractivity contribution in [2.45, 2.75) is 58.0 Å². The standard InChI is InChI=1S/C25H30N2O5/c1-17-20(15-28)21(26-23(29)32-25(2,3)4)22(19-13-9-6-10-14-19)27(17)24(30)31-16-18-11-7-5-8-12-18/h5-15,17,20-22H,16H2,1-4H3,(H,26,29)/t17-,20+,21+,22+/m1/s1. The smallest absolute Gasteiger partial charge is 0.410 e. The summed E-state index contributed by atoms with van der Waals surface area (Å²) in [5.74, 6) is -0.628. The molecule has 0 radical (unpaired) electrons. The molecule has 1 saturated heterocycles. The highest BCUT2D eigenvalue weighted by atomic mass is 16.6. The molecule has 4 atom stereocenters. The number of carbonyl (C=O) groups is 3. The van der Waals surface area contributed by atoms with Gasteiger partial charge in [0, 0.05) is 6.04 Å². The van der Waals surface area contributed by atoms with Crippen LogP contribution in [0.2, 0.25) is 0 Å². The third kappa shape index (κ3) is 5.46. The lowest BCUT2D eigenvalue weighted by Gasteiger charge is -2.30. The summed E-state index contributed by atoms with van der Waals surface area (Å²) in [4.78, 5) is 39.3. The molecule has 0 spiro atoms. The molecule has 0 bridgehead atoms. The molecule has 1 aliphatic heterocycles. The Morgan fingerprint density at radius 1 is 1.03 bits per heavy atom. The molecule has 7 heteroatoms. The number of carbonyl (C=O) groups excluding carboxylic acids is 3. The molecule has 1 fully saturated rings. The number of likely N-dealkylation sites (tertiary alicyclic amines) is 1. The Labute approximate surface area is 188 Å². The van der Waals surface area contributed by atoms with Gasteiger partial charge in [-0.1, -0.05) is 60.7 Å². The fourth-order valence-corrected chi connectivity index (χ4v) is 4.03. The molecule has 2 aromatic carbocycles. The number of benzene rings is 2. The van der Waals surface area contributed by atoms with Crippen LogP contribution in [0.15, 0.2) is 60.7 Å². The van der Waals surface area contributed by atoms with Crippen molar-refractivity contribution >= 4 is 18.5 Å². The van der Waals surface area contributed by atoms with Crippen molar-refractivity contribution in [1.82, 2.24) is 10.2 Å². The molecule has 1 heterocycles. The minimum Gasteiger partial charge on any atom is -0.445 e. The van der Waals surface area contributed by atoms with Crippen LogP contribution < -0.4 is 5.32 Å². The lowest BCUT2D eigenvalue weighted by molar-refractivity contribution is -0.111. The van der Waals surface area contributed by atoms with Gasteiger partial charge in [-0.2, -0.15) is 0 Å². The van der Waals surface area contributed by atoms with Gasteiger partial charge in [-0.3, -0.25) is 4.90 Å². The first-order valence-corrected chi connectivity index (χ1v) is 10.7. The van der Waals surface area contributed by atoms with E-state index in [4.69, 9.17) is 9.47 Å². The summed E-state index contributed by atoms with van der Waals surface area (Å²) < 4.78 is 11.0. The maximum Gasteiger partial charge on any atom is 0.410 e. The number of rotatable bonds is 5. The molecular weight excluding hydrogens is 408 g/mol. The van der Waals surface area contributed by atoms with Gasteiger partial charge in [0.05, 0.1) is 18.0 Å². The van der Waals surface area contributed by atoms with Gasteiger partial charge in [0.15, 0.2) is 0 Å². The molecule has 170 valence electrons. The van der Waals surface area contributed by atoms with E-state index in [-0.39, 0.29) is 6.61 Å². The summed E-state index contributed by atoms with van der Waals surface area (Å²) >= 11 is 0. The summed E-state index contributed by atoms with van der Waals surface area (Å²) in [5.41, 5.74) is 0.961. The molecule has 7 nitrogen and oxygen atoms in total. The minimum atomic E-state index is -0.693. The van der Waals surface area contributed by atoms with Crippen LogP contribution in [0.4, 0.5) is 9.59 Å². The van der Waals surface area contributed by atoms with E-state index >= 15 is 0 Å².